The first-order valence-corrected chi connectivity index (χ1v) is 8.31. The fourth-order valence-corrected chi connectivity index (χ4v) is 2.23. The van der Waals surface area contributed by atoms with Gasteiger partial charge in [0.1, 0.15) is 0 Å². The van der Waals surface area contributed by atoms with Crippen molar-refractivity contribution in [3.63, 3.8) is 0 Å². The van der Waals surface area contributed by atoms with E-state index in [4.69, 9.17) is 14.2 Å². The van der Waals surface area contributed by atoms with Gasteiger partial charge in [-0.05, 0) is 37.1 Å². The molecular weight excluding hydrogens is 278 g/mol. The standard InChI is InChI=1S/C18H31NO3/c1-4-5-6-7-13-22-17-10-9-16(14-18(17)21-3)15-19-11-8-12-20-2/h9-10,14,19H,4-8,11-13,15H2,1-3H3. The molecule has 0 aliphatic carbocycles. The molecule has 0 amide bonds. The second-order valence-electron chi connectivity index (χ2n) is 5.42. The van der Waals surface area contributed by atoms with Crippen LogP contribution in [0.25, 0.3) is 0 Å². The first kappa shape index (κ1) is 18.8. The van der Waals surface area contributed by atoms with Crippen LogP contribution in [0.1, 0.15) is 44.6 Å². The number of benzene rings is 1. The molecule has 4 heteroatoms. The summed E-state index contributed by atoms with van der Waals surface area (Å²) >= 11 is 0. The summed E-state index contributed by atoms with van der Waals surface area (Å²) in [7, 11) is 3.42. The van der Waals surface area contributed by atoms with Crippen LogP contribution in [-0.4, -0.2) is 34.0 Å². The van der Waals surface area contributed by atoms with Crippen LogP contribution >= 0.6 is 0 Å². The van der Waals surface area contributed by atoms with Gasteiger partial charge in [-0.3, -0.25) is 0 Å². The van der Waals surface area contributed by atoms with Crippen LogP contribution in [0.4, 0.5) is 0 Å². The Kier molecular flexibility index (Phi) is 10.5. The van der Waals surface area contributed by atoms with E-state index in [0.717, 1.165) is 50.6 Å². The molecule has 22 heavy (non-hydrogen) atoms. The lowest BCUT2D eigenvalue weighted by Gasteiger charge is -2.12. The lowest BCUT2D eigenvalue weighted by molar-refractivity contribution is 0.194. The van der Waals surface area contributed by atoms with Gasteiger partial charge in [-0.15, -0.1) is 0 Å². The predicted octanol–water partition coefficient (Wildman–Crippen LogP) is 3.78. The highest BCUT2D eigenvalue weighted by atomic mass is 16.5. The van der Waals surface area contributed by atoms with Crippen LogP contribution < -0.4 is 14.8 Å². The molecule has 1 N–H and O–H groups in total. The van der Waals surface area contributed by atoms with Crippen molar-refractivity contribution in [1.29, 1.82) is 0 Å². The van der Waals surface area contributed by atoms with E-state index in [0.29, 0.717) is 0 Å². The van der Waals surface area contributed by atoms with Crippen LogP contribution in [0, 0.1) is 0 Å². The third kappa shape index (κ3) is 7.66. The Balaban J connectivity index is 2.38. The summed E-state index contributed by atoms with van der Waals surface area (Å²) in [5, 5.41) is 3.40. The van der Waals surface area contributed by atoms with Crippen molar-refractivity contribution in [3.05, 3.63) is 23.8 Å². The zero-order valence-corrected chi connectivity index (χ0v) is 14.3. The average molecular weight is 309 g/mol. The van der Waals surface area contributed by atoms with Crippen LogP contribution in [0.2, 0.25) is 0 Å². The maximum Gasteiger partial charge on any atom is 0.161 e. The van der Waals surface area contributed by atoms with Crippen LogP contribution in [0.5, 0.6) is 11.5 Å². The molecule has 4 nitrogen and oxygen atoms in total. The van der Waals surface area contributed by atoms with E-state index < -0.39 is 0 Å². The molecule has 0 atom stereocenters. The van der Waals surface area contributed by atoms with Gasteiger partial charge in [0.05, 0.1) is 13.7 Å². The lowest BCUT2D eigenvalue weighted by atomic mass is 10.2. The van der Waals surface area contributed by atoms with Gasteiger partial charge in [-0.25, -0.2) is 0 Å². The van der Waals surface area contributed by atoms with Crippen molar-refractivity contribution in [2.75, 3.05) is 34.0 Å². The molecule has 0 unspecified atom stereocenters. The van der Waals surface area contributed by atoms with Gasteiger partial charge in [0.15, 0.2) is 11.5 Å². The minimum absolute atomic E-state index is 0.755. The summed E-state index contributed by atoms with van der Waals surface area (Å²) in [6.45, 7) is 5.54. The minimum atomic E-state index is 0.755. The van der Waals surface area contributed by atoms with Gasteiger partial charge in [0, 0.05) is 20.3 Å². The van der Waals surface area contributed by atoms with E-state index in [1.807, 2.05) is 12.1 Å². The Labute approximate surface area is 135 Å². The molecule has 0 aliphatic rings. The smallest absolute Gasteiger partial charge is 0.161 e. The highest BCUT2D eigenvalue weighted by Gasteiger charge is 2.05. The molecule has 0 aliphatic heterocycles. The van der Waals surface area contributed by atoms with Gasteiger partial charge in [0.25, 0.3) is 0 Å². The van der Waals surface area contributed by atoms with Crippen molar-refractivity contribution in [2.24, 2.45) is 0 Å². The van der Waals surface area contributed by atoms with Gasteiger partial charge >= 0.3 is 0 Å². The molecule has 0 fully saturated rings. The van der Waals surface area contributed by atoms with E-state index in [9.17, 15) is 0 Å². The first-order valence-electron chi connectivity index (χ1n) is 8.31. The van der Waals surface area contributed by atoms with Crippen LogP contribution in [0.15, 0.2) is 18.2 Å². The van der Waals surface area contributed by atoms with Crippen molar-refractivity contribution >= 4 is 0 Å². The normalized spacial score (nSPS) is 10.7. The number of rotatable bonds is 13. The Morgan fingerprint density at radius 1 is 0.955 bits per heavy atom. The van der Waals surface area contributed by atoms with Crippen molar-refractivity contribution in [2.45, 2.75) is 45.6 Å². The molecule has 126 valence electrons. The molecule has 0 saturated heterocycles. The van der Waals surface area contributed by atoms with Crippen LogP contribution in [-0.2, 0) is 11.3 Å². The predicted molar refractivity (Wildman–Crippen MR) is 90.8 cm³/mol. The van der Waals surface area contributed by atoms with Gasteiger partial charge in [-0.1, -0.05) is 32.3 Å². The van der Waals surface area contributed by atoms with Crippen molar-refractivity contribution in [3.8, 4) is 11.5 Å². The van der Waals surface area contributed by atoms with E-state index in [-0.39, 0.29) is 0 Å². The lowest BCUT2D eigenvalue weighted by Crippen LogP contribution is -2.16. The topological polar surface area (TPSA) is 39.7 Å². The second-order valence-corrected chi connectivity index (χ2v) is 5.42. The van der Waals surface area contributed by atoms with Gasteiger partial charge in [-0.2, -0.15) is 0 Å². The fourth-order valence-electron chi connectivity index (χ4n) is 2.23. The highest BCUT2D eigenvalue weighted by Crippen LogP contribution is 2.28. The van der Waals surface area contributed by atoms with E-state index in [1.165, 1.54) is 24.8 Å². The van der Waals surface area contributed by atoms with E-state index in [1.54, 1.807) is 14.2 Å². The molecular formula is C18H31NO3. The zero-order valence-electron chi connectivity index (χ0n) is 14.3. The van der Waals surface area contributed by atoms with E-state index in [2.05, 4.69) is 18.3 Å². The Morgan fingerprint density at radius 3 is 2.55 bits per heavy atom. The maximum atomic E-state index is 5.83. The third-order valence-electron chi connectivity index (χ3n) is 3.51. The molecule has 0 radical (unpaired) electrons. The van der Waals surface area contributed by atoms with E-state index >= 15 is 0 Å². The second kappa shape index (κ2) is 12.3. The first-order chi connectivity index (χ1) is 10.8. The zero-order chi connectivity index (χ0) is 16.0. The number of unbranched alkanes of at least 4 members (excludes halogenated alkanes) is 3. The molecule has 0 heterocycles. The number of hydrogen-bond donors (Lipinski definition) is 1. The monoisotopic (exact) mass is 309 g/mol. The SMILES string of the molecule is CCCCCCOc1ccc(CNCCCOC)cc1OC. The number of methoxy groups -OCH3 is 2. The highest BCUT2D eigenvalue weighted by molar-refractivity contribution is 5.42. The number of ether oxygens (including phenoxy) is 3. The summed E-state index contributed by atoms with van der Waals surface area (Å²) in [4.78, 5) is 0. The minimum Gasteiger partial charge on any atom is -0.493 e. The van der Waals surface area contributed by atoms with Gasteiger partial charge in [0.2, 0.25) is 0 Å². The Bertz CT molecular complexity index is 396. The van der Waals surface area contributed by atoms with Crippen LogP contribution in [0.3, 0.4) is 0 Å². The summed E-state index contributed by atoms with van der Waals surface area (Å²) in [5.74, 6) is 1.65. The van der Waals surface area contributed by atoms with Crippen molar-refractivity contribution < 1.29 is 14.2 Å². The molecule has 0 spiro atoms. The Morgan fingerprint density at radius 2 is 1.82 bits per heavy atom. The molecule has 0 bridgehead atoms. The maximum absolute atomic E-state index is 5.83. The summed E-state index contributed by atoms with van der Waals surface area (Å²) in [6.07, 6.45) is 5.86. The molecule has 1 rings (SSSR count). The summed E-state index contributed by atoms with van der Waals surface area (Å²) in [5.41, 5.74) is 1.20. The number of hydrogen-bond acceptors (Lipinski definition) is 4. The Hall–Kier alpha value is -1.26. The largest absolute Gasteiger partial charge is 0.493 e. The summed E-state index contributed by atoms with van der Waals surface area (Å²) in [6, 6.07) is 6.14. The fraction of sp³-hybridized carbons (Fsp3) is 0.667. The molecule has 1 aromatic carbocycles. The van der Waals surface area contributed by atoms with Gasteiger partial charge < -0.3 is 19.5 Å². The quantitative estimate of drug-likeness (QED) is 0.563. The van der Waals surface area contributed by atoms with Crippen molar-refractivity contribution in [1.82, 2.24) is 5.32 Å². The molecule has 0 saturated carbocycles. The molecule has 0 aromatic heterocycles. The number of nitrogens with one attached hydrogen (secondary N) is 1. The molecule has 1 aromatic rings. The third-order valence-corrected chi connectivity index (χ3v) is 3.51. The summed E-state index contributed by atoms with van der Waals surface area (Å²) < 4.78 is 16.3. The average Bonchev–Trinajstić information content (AvgIpc) is 2.55.